The second-order valence-electron chi connectivity index (χ2n) is 4.58. The maximum Gasteiger partial charge on any atom is 0.246 e. The highest BCUT2D eigenvalue weighted by Gasteiger charge is 2.30. The topological polar surface area (TPSA) is 20.3 Å². The predicted molar refractivity (Wildman–Crippen MR) is 72.0 cm³/mol. The third-order valence-corrected chi connectivity index (χ3v) is 4.56. The zero-order valence-electron chi connectivity index (χ0n) is 10.3. The second-order valence-corrected chi connectivity index (χ2v) is 5.56. The number of hydrogen-bond donors (Lipinski definition) is 0. The Balaban J connectivity index is 2.20. The van der Waals surface area contributed by atoms with Gasteiger partial charge < -0.3 is 4.90 Å². The van der Waals surface area contributed by atoms with Crippen molar-refractivity contribution in [2.75, 3.05) is 0 Å². The molecule has 1 atom stereocenters. The van der Waals surface area contributed by atoms with Gasteiger partial charge in [-0.25, -0.2) is 0 Å². The van der Waals surface area contributed by atoms with Crippen LogP contribution >= 0.6 is 11.3 Å². The first-order valence-electron chi connectivity index (χ1n) is 6.22. The summed E-state index contributed by atoms with van der Waals surface area (Å²) in [4.78, 5) is 15.3. The Bertz CT molecular complexity index is 379. The summed E-state index contributed by atoms with van der Waals surface area (Å²) in [6.45, 7) is 5.75. The van der Waals surface area contributed by atoms with Crippen LogP contribution in [0.15, 0.2) is 30.2 Å². The average Bonchev–Trinajstić information content (AvgIpc) is 3.01. The number of nitrogens with zero attached hydrogens (tertiary/aromatic N) is 1. The number of carbonyl (C=O) groups is 1. The zero-order valence-corrected chi connectivity index (χ0v) is 11.1. The molecule has 2 rings (SSSR count). The van der Waals surface area contributed by atoms with Crippen molar-refractivity contribution in [1.29, 1.82) is 0 Å². The Hall–Kier alpha value is -1.09. The van der Waals surface area contributed by atoms with E-state index < -0.39 is 0 Å². The van der Waals surface area contributed by atoms with Crippen LogP contribution in [0.25, 0.3) is 0 Å². The van der Waals surface area contributed by atoms with Gasteiger partial charge in [0.15, 0.2) is 0 Å². The van der Waals surface area contributed by atoms with Crippen LogP contribution in [0, 0.1) is 0 Å². The maximum absolute atomic E-state index is 12.0. The molecular weight excluding hydrogens is 230 g/mol. The normalized spacial score (nSPS) is 17.9. The quantitative estimate of drug-likeness (QED) is 0.744. The standard InChI is InChI=1S/C14H19NOS/c1-3-14(16)15(12-7-4-5-8-12)11(2)13-9-6-10-17-13/h3,6,9-12H,1,4-5,7-8H2,2H3. The van der Waals surface area contributed by atoms with Gasteiger partial charge in [0, 0.05) is 10.9 Å². The fraction of sp³-hybridized carbons (Fsp3) is 0.500. The lowest BCUT2D eigenvalue weighted by Crippen LogP contribution is -2.39. The number of carbonyl (C=O) groups excluding carboxylic acids is 1. The lowest BCUT2D eigenvalue weighted by molar-refractivity contribution is -0.130. The molecule has 1 saturated carbocycles. The Morgan fingerprint density at radius 2 is 2.29 bits per heavy atom. The molecule has 0 N–H and O–H groups in total. The molecule has 0 bridgehead atoms. The Morgan fingerprint density at radius 3 is 2.82 bits per heavy atom. The van der Waals surface area contributed by atoms with Crippen LogP contribution < -0.4 is 0 Å². The highest BCUT2D eigenvalue weighted by Crippen LogP contribution is 2.32. The van der Waals surface area contributed by atoms with E-state index in [1.165, 1.54) is 23.8 Å². The van der Waals surface area contributed by atoms with E-state index in [9.17, 15) is 4.79 Å². The highest BCUT2D eigenvalue weighted by molar-refractivity contribution is 7.10. The van der Waals surface area contributed by atoms with E-state index in [-0.39, 0.29) is 11.9 Å². The molecule has 0 aliphatic heterocycles. The number of rotatable bonds is 4. The molecular formula is C14H19NOS. The van der Waals surface area contributed by atoms with Crippen molar-refractivity contribution in [3.63, 3.8) is 0 Å². The fourth-order valence-electron chi connectivity index (χ4n) is 2.64. The summed E-state index contributed by atoms with van der Waals surface area (Å²) in [5.41, 5.74) is 0. The van der Waals surface area contributed by atoms with Gasteiger partial charge in [0.2, 0.25) is 5.91 Å². The smallest absolute Gasteiger partial charge is 0.246 e. The first-order valence-corrected chi connectivity index (χ1v) is 7.10. The van der Waals surface area contributed by atoms with E-state index in [1.807, 2.05) is 11.0 Å². The van der Waals surface area contributed by atoms with Gasteiger partial charge in [-0.05, 0) is 37.3 Å². The molecule has 0 spiro atoms. The highest BCUT2D eigenvalue weighted by atomic mass is 32.1. The van der Waals surface area contributed by atoms with Crippen LogP contribution in [0.2, 0.25) is 0 Å². The number of amides is 1. The van der Waals surface area contributed by atoms with Gasteiger partial charge in [0.25, 0.3) is 0 Å². The minimum atomic E-state index is 0.0674. The lowest BCUT2D eigenvalue weighted by atomic mass is 10.1. The molecule has 1 unspecified atom stereocenters. The van der Waals surface area contributed by atoms with Crippen molar-refractivity contribution in [2.24, 2.45) is 0 Å². The Labute approximate surface area is 107 Å². The molecule has 2 nitrogen and oxygen atoms in total. The molecule has 17 heavy (non-hydrogen) atoms. The lowest BCUT2D eigenvalue weighted by Gasteiger charge is -2.33. The molecule has 0 saturated heterocycles. The van der Waals surface area contributed by atoms with Crippen molar-refractivity contribution in [1.82, 2.24) is 4.90 Å². The summed E-state index contributed by atoms with van der Waals surface area (Å²) in [6, 6.07) is 4.72. The van der Waals surface area contributed by atoms with Gasteiger partial charge in [-0.2, -0.15) is 0 Å². The van der Waals surface area contributed by atoms with Crippen LogP contribution in [-0.4, -0.2) is 16.8 Å². The predicted octanol–water partition coefficient (Wildman–Crippen LogP) is 3.77. The molecule has 0 radical (unpaired) electrons. The minimum Gasteiger partial charge on any atom is -0.329 e. The van der Waals surface area contributed by atoms with Crippen molar-refractivity contribution < 1.29 is 4.79 Å². The molecule has 1 aliphatic rings. The third kappa shape index (κ3) is 2.60. The van der Waals surface area contributed by atoms with Crippen LogP contribution in [0.4, 0.5) is 0 Å². The zero-order chi connectivity index (χ0) is 12.3. The van der Waals surface area contributed by atoms with Gasteiger partial charge in [-0.15, -0.1) is 11.3 Å². The van der Waals surface area contributed by atoms with Crippen molar-refractivity contribution in [3.05, 3.63) is 35.0 Å². The average molecular weight is 249 g/mol. The molecule has 0 aromatic carbocycles. The summed E-state index contributed by atoms with van der Waals surface area (Å²) in [6.07, 6.45) is 6.19. The van der Waals surface area contributed by atoms with Gasteiger partial charge in [0.05, 0.1) is 6.04 Å². The molecule has 3 heteroatoms. The van der Waals surface area contributed by atoms with E-state index in [0.29, 0.717) is 6.04 Å². The molecule has 1 aromatic rings. The van der Waals surface area contributed by atoms with Crippen LogP contribution in [0.1, 0.15) is 43.5 Å². The molecule has 1 fully saturated rings. The minimum absolute atomic E-state index is 0.0674. The Kier molecular flexibility index (Phi) is 4.00. The maximum atomic E-state index is 12.0. The van der Waals surface area contributed by atoms with Crippen molar-refractivity contribution in [3.8, 4) is 0 Å². The van der Waals surface area contributed by atoms with Crippen LogP contribution in [0.3, 0.4) is 0 Å². The van der Waals surface area contributed by atoms with E-state index in [1.54, 1.807) is 11.3 Å². The molecule has 1 amide bonds. The first-order chi connectivity index (χ1) is 8.24. The fourth-order valence-corrected chi connectivity index (χ4v) is 3.42. The van der Waals surface area contributed by atoms with Crippen LogP contribution in [-0.2, 0) is 4.79 Å². The van der Waals surface area contributed by atoms with E-state index in [4.69, 9.17) is 0 Å². The summed E-state index contributed by atoms with van der Waals surface area (Å²) in [5.74, 6) is 0.0674. The van der Waals surface area contributed by atoms with E-state index >= 15 is 0 Å². The van der Waals surface area contributed by atoms with Gasteiger partial charge in [0.1, 0.15) is 0 Å². The largest absolute Gasteiger partial charge is 0.329 e. The molecule has 92 valence electrons. The van der Waals surface area contributed by atoms with Gasteiger partial charge in [-0.3, -0.25) is 4.79 Å². The number of hydrogen-bond acceptors (Lipinski definition) is 2. The van der Waals surface area contributed by atoms with Crippen molar-refractivity contribution in [2.45, 2.75) is 44.7 Å². The SMILES string of the molecule is C=CC(=O)N(C1CCCC1)C(C)c1cccs1. The molecule has 1 heterocycles. The van der Waals surface area contributed by atoms with Gasteiger partial charge in [-0.1, -0.05) is 25.5 Å². The van der Waals surface area contributed by atoms with Gasteiger partial charge >= 0.3 is 0 Å². The molecule has 1 aliphatic carbocycles. The summed E-state index contributed by atoms with van der Waals surface area (Å²) in [7, 11) is 0. The number of thiophene rings is 1. The first kappa shape index (κ1) is 12.4. The third-order valence-electron chi connectivity index (χ3n) is 3.52. The molecule has 1 aromatic heterocycles. The summed E-state index contributed by atoms with van der Waals surface area (Å²) >= 11 is 1.72. The summed E-state index contributed by atoms with van der Waals surface area (Å²) < 4.78 is 0. The van der Waals surface area contributed by atoms with E-state index in [2.05, 4.69) is 24.9 Å². The van der Waals surface area contributed by atoms with E-state index in [0.717, 1.165) is 12.8 Å². The summed E-state index contributed by atoms with van der Waals surface area (Å²) in [5, 5.41) is 2.07. The monoisotopic (exact) mass is 249 g/mol. The second kappa shape index (κ2) is 5.50. The van der Waals surface area contributed by atoms with Crippen molar-refractivity contribution >= 4 is 17.2 Å². The van der Waals surface area contributed by atoms with Crippen LogP contribution in [0.5, 0.6) is 0 Å². The Morgan fingerprint density at radius 1 is 1.59 bits per heavy atom.